The van der Waals surface area contributed by atoms with Gasteiger partial charge in [0.25, 0.3) is 0 Å². The van der Waals surface area contributed by atoms with E-state index in [-0.39, 0.29) is 6.10 Å². The monoisotopic (exact) mass is 194 g/mol. The van der Waals surface area contributed by atoms with Crippen molar-refractivity contribution in [1.82, 2.24) is 0 Å². The summed E-state index contributed by atoms with van der Waals surface area (Å²) in [5.74, 6) is 0. The van der Waals surface area contributed by atoms with Crippen molar-refractivity contribution in [3.63, 3.8) is 0 Å². The fourth-order valence-corrected chi connectivity index (χ4v) is 1.78. The average molecular weight is 194 g/mol. The summed E-state index contributed by atoms with van der Waals surface area (Å²) in [7, 11) is -0.0699. The molecule has 0 N–H and O–H groups in total. The van der Waals surface area contributed by atoms with Gasteiger partial charge >= 0.3 is 0 Å². The molecule has 0 aromatic carbocycles. The molecule has 3 atom stereocenters. The van der Waals surface area contributed by atoms with Gasteiger partial charge in [0.05, 0.1) is 20.1 Å². The predicted octanol–water partition coefficient (Wildman–Crippen LogP) is 1.63. The lowest BCUT2D eigenvalue weighted by Gasteiger charge is -2.09. The van der Waals surface area contributed by atoms with Crippen LogP contribution < -0.4 is 0 Å². The van der Waals surface area contributed by atoms with Crippen molar-refractivity contribution in [2.24, 2.45) is 0 Å². The summed E-state index contributed by atoms with van der Waals surface area (Å²) < 4.78 is 24.8. The van der Waals surface area contributed by atoms with Crippen LogP contribution in [0.2, 0.25) is 0 Å². The van der Waals surface area contributed by atoms with E-state index in [1.54, 1.807) is 0 Å². The van der Waals surface area contributed by atoms with E-state index in [1.165, 1.54) is 0 Å². The second-order valence-electron chi connectivity index (χ2n) is 2.61. The minimum atomic E-state index is -1.18. The van der Waals surface area contributed by atoms with E-state index < -0.39 is 7.61 Å². The Hall–Kier alpha value is 0.765. The number of hydrogen-bond donors (Lipinski definition) is 0. The van der Waals surface area contributed by atoms with Crippen LogP contribution in [0.4, 0.5) is 0 Å². The minimum Gasteiger partial charge on any atom is -0.373 e. The zero-order valence-corrected chi connectivity index (χ0v) is 8.24. The maximum atomic E-state index is 7.25. The molecule has 0 aromatic rings. The Kier molecular flexibility index (Phi) is 3.54. The smallest absolute Gasteiger partial charge is 0.137 e. The molecule has 1 aliphatic heterocycles. The van der Waals surface area contributed by atoms with Crippen molar-refractivity contribution >= 4 is 26.8 Å². The molecule has 0 bridgehead atoms. The quantitative estimate of drug-likeness (QED) is 0.376. The SMILES string of the molecule is [2H]P([B][3H])SOCC1CCC(C)O1. The van der Waals surface area contributed by atoms with Gasteiger partial charge in [-0.25, -0.2) is 0 Å². The topological polar surface area (TPSA) is 18.5 Å². The number of rotatable bonds is 5. The fourth-order valence-electron chi connectivity index (χ4n) is 1.14. The molecule has 0 saturated carbocycles. The standard InChI is InChI=1S/C6H13BO2PS/c1-5-2-3-6(9-5)4-8-11-10-7/h5-7,10H,2-4H2,1H3/i7T,10D. The van der Waals surface area contributed by atoms with Crippen molar-refractivity contribution in [3.05, 3.63) is 0 Å². The molecule has 63 valence electrons. The molecular weight excluding hydrogens is 178 g/mol. The highest BCUT2D eigenvalue weighted by Crippen LogP contribution is 2.27. The zero-order chi connectivity index (χ0) is 9.68. The van der Waals surface area contributed by atoms with Gasteiger partial charge in [0.2, 0.25) is 0 Å². The highest BCUT2D eigenvalue weighted by Gasteiger charge is 2.21. The normalized spacial score (nSPS) is 36.1. The molecule has 1 saturated heterocycles. The molecule has 5 heteroatoms. The molecule has 1 radical (unpaired) electrons. The van der Waals surface area contributed by atoms with Gasteiger partial charge in [0, 0.05) is 11.7 Å². The van der Waals surface area contributed by atoms with Gasteiger partial charge in [0.1, 0.15) is 7.53 Å². The van der Waals surface area contributed by atoms with Crippen LogP contribution in [-0.4, -0.2) is 29.0 Å². The lowest BCUT2D eigenvalue weighted by Crippen LogP contribution is -2.13. The Balaban J connectivity index is 2.00. The second kappa shape index (κ2) is 5.42. The molecule has 1 heterocycles. The van der Waals surface area contributed by atoms with Crippen LogP contribution in [0.1, 0.15) is 19.8 Å². The first-order valence-corrected chi connectivity index (χ1v) is 5.98. The first kappa shape index (κ1) is 7.20. The molecule has 0 aliphatic carbocycles. The largest absolute Gasteiger partial charge is 0.373 e. The molecule has 2 nitrogen and oxygen atoms in total. The van der Waals surface area contributed by atoms with Gasteiger partial charge in [-0.05, 0) is 21.1 Å². The Bertz CT molecular complexity index is 157. The molecule has 3 unspecified atom stereocenters. The molecule has 1 fully saturated rings. The molecule has 0 amide bonds. The summed E-state index contributed by atoms with van der Waals surface area (Å²) in [5, 5.41) is 0. The fraction of sp³-hybridized carbons (Fsp3) is 1.00. The Morgan fingerprint density at radius 1 is 2.09 bits per heavy atom. The van der Waals surface area contributed by atoms with Crippen LogP contribution in [0.5, 0.6) is 0 Å². The molecule has 0 aromatic heterocycles. The van der Waals surface area contributed by atoms with Gasteiger partial charge in [-0.2, -0.15) is 0 Å². The van der Waals surface area contributed by atoms with Crippen molar-refractivity contribution in [3.8, 4) is 0 Å². The summed E-state index contributed by atoms with van der Waals surface area (Å²) in [6, 6.07) is 0. The van der Waals surface area contributed by atoms with Crippen LogP contribution in [-0.2, 0) is 8.92 Å². The van der Waals surface area contributed by atoms with Crippen LogP contribution in [0.3, 0.4) is 0 Å². The van der Waals surface area contributed by atoms with Crippen molar-refractivity contribution in [2.75, 3.05) is 6.61 Å². The first-order chi connectivity index (χ1) is 6.22. The summed E-state index contributed by atoms with van der Waals surface area (Å²) in [6.45, 7) is 2.60. The Morgan fingerprint density at radius 3 is 3.64 bits per heavy atom. The van der Waals surface area contributed by atoms with Gasteiger partial charge in [-0.3, -0.25) is 0 Å². The van der Waals surface area contributed by atoms with Crippen molar-refractivity contribution in [2.45, 2.75) is 32.0 Å². The van der Waals surface area contributed by atoms with Crippen LogP contribution in [0.25, 0.3) is 0 Å². The maximum absolute atomic E-state index is 7.25. The van der Waals surface area contributed by atoms with Crippen LogP contribution in [0, 0.1) is 0 Å². The average Bonchev–Trinajstić information content (AvgIpc) is 2.51. The summed E-state index contributed by atoms with van der Waals surface area (Å²) in [4.78, 5) is 0. The first-order valence-electron chi connectivity index (χ1n) is 4.69. The van der Waals surface area contributed by atoms with E-state index in [0.29, 0.717) is 12.7 Å². The highest BCUT2D eigenvalue weighted by molar-refractivity contribution is 8.53. The zero-order valence-electron chi connectivity index (χ0n) is 8.53. The minimum absolute atomic E-state index is 0.191. The second-order valence-corrected chi connectivity index (χ2v) is 4.29. The van der Waals surface area contributed by atoms with E-state index in [0.717, 1.165) is 32.0 Å². The highest BCUT2D eigenvalue weighted by atomic mass is 32.7. The third-order valence-electron chi connectivity index (χ3n) is 1.67. The third kappa shape index (κ3) is 3.79. The van der Waals surface area contributed by atoms with Crippen molar-refractivity contribution in [1.29, 1.82) is 2.61 Å². The molecule has 1 aliphatic rings. The van der Waals surface area contributed by atoms with Crippen molar-refractivity contribution < 1.29 is 8.92 Å². The van der Waals surface area contributed by atoms with E-state index in [2.05, 4.69) is 6.92 Å². The summed E-state index contributed by atoms with van der Waals surface area (Å²) in [6.07, 6.45) is 2.68. The van der Waals surface area contributed by atoms with Gasteiger partial charge in [-0.1, -0.05) is 7.61 Å². The molecular formula is C6H13BO2PS. The number of hydrogen-bond acceptors (Lipinski definition) is 3. The summed E-state index contributed by atoms with van der Waals surface area (Å²) >= 11 is 1.07. The molecule has 1 rings (SSSR count). The van der Waals surface area contributed by atoms with Crippen LogP contribution >= 0.6 is 19.3 Å². The molecule has 11 heavy (non-hydrogen) atoms. The van der Waals surface area contributed by atoms with Crippen LogP contribution in [0.15, 0.2) is 0 Å². The van der Waals surface area contributed by atoms with Gasteiger partial charge < -0.3 is 8.92 Å². The van der Waals surface area contributed by atoms with Gasteiger partial charge in [-0.15, -0.1) is 0 Å². The Labute approximate surface area is 77.5 Å². The number of ether oxygens (including phenoxy) is 1. The lowest BCUT2D eigenvalue weighted by molar-refractivity contribution is 0.0316. The van der Waals surface area contributed by atoms with E-state index >= 15 is 0 Å². The van der Waals surface area contributed by atoms with E-state index in [4.69, 9.17) is 11.5 Å². The maximum Gasteiger partial charge on any atom is 0.137 e. The van der Waals surface area contributed by atoms with E-state index in [9.17, 15) is 0 Å². The third-order valence-corrected chi connectivity index (χ3v) is 2.57. The predicted molar refractivity (Wildman–Crippen MR) is 52.6 cm³/mol. The lowest BCUT2D eigenvalue weighted by atomic mass is 10.2. The van der Waals surface area contributed by atoms with E-state index in [1.807, 2.05) is 0 Å². The molecule has 0 spiro atoms. The summed E-state index contributed by atoms with van der Waals surface area (Å²) in [5.41, 5.74) is 0. The Morgan fingerprint density at radius 2 is 3.00 bits per heavy atom. The van der Waals surface area contributed by atoms with Gasteiger partial charge in [0.15, 0.2) is 0 Å².